The summed E-state index contributed by atoms with van der Waals surface area (Å²) >= 11 is 5.31. The fraction of sp³-hybridized carbons (Fsp3) is 0.889. The Labute approximate surface area is 73.1 Å². The van der Waals surface area contributed by atoms with Gasteiger partial charge in [0.2, 0.25) is 5.24 Å². The summed E-state index contributed by atoms with van der Waals surface area (Å²) in [6.45, 7) is 2.28. The lowest BCUT2D eigenvalue weighted by molar-refractivity contribution is -0.112. The molecule has 1 fully saturated rings. The first-order valence-electron chi connectivity index (χ1n) is 4.37. The van der Waals surface area contributed by atoms with Crippen molar-refractivity contribution in [2.45, 2.75) is 39.0 Å². The van der Waals surface area contributed by atoms with E-state index in [0.717, 1.165) is 5.92 Å². The molecule has 0 heterocycles. The third-order valence-corrected chi connectivity index (χ3v) is 2.74. The summed E-state index contributed by atoms with van der Waals surface area (Å²) in [6.07, 6.45) is 5.52. The number of rotatable bonds is 2. The van der Waals surface area contributed by atoms with Gasteiger partial charge in [0.1, 0.15) is 0 Å². The monoisotopic (exact) mass is 174 g/mol. The van der Waals surface area contributed by atoms with Gasteiger partial charge in [-0.3, -0.25) is 4.79 Å². The summed E-state index contributed by atoms with van der Waals surface area (Å²) in [6, 6.07) is 0. The number of hydrogen-bond acceptors (Lipinski definition) is 1. The maximum atomic E-state index is 10.6. The van der Waals surface area contributed by atoms with Gasteiger partial charge in [0.15, 0.2) is 0 Å². The van der Waals surface area contributed by atoms with Crippen molar-refractivity contribution in [1.82, 2.24) is 0 Å². The quantitative estimate of drug-likeness (QED) is 0.589. The molecule has 0 bridgehead atoms. The van der Waals surface area contributed by atoms with Gasteiger partial charge in [-0.15, -0.1) is 0 Å². The van der Waals surface area contributed by atoms with Crippen molar-refractivity contribution in [3.8, 4) is 0 Å². The third kappa shape index (κ3) is 3.24. The number of carbonyl (C=O) groups is 1. The zero-order valence-electron chi connectivity index (χ0n) is 6.98. The van der Waals surface area contributed by atoms with Gasteiger partial charge in [-0.2, -0.15) is 0 Å². The maximum Gasteiger partial charge on any atom is 0.221 e. The second kappa shape index (κ2) is 4.10. The largest absolute Gasteiger partial charge is 0.281 e. The summed E-state index contributed by atoms with van der Waals surface area (Å²) in [5, 5.41) is -0.162. The Hall–Kier alpha value is -0.0400. The van der Waals surface area contributed by atoms with Gasteiger partial charge in [0.05, 0.1) is 0 Å². The van der Waals surface area contributed by atoms with Gasteiger partial charge >= 0.3 is 0 Å². The molecule has 0 aliphatic heterocycles. The van der Waals surface area contributed by atoms with Crippen molar-refractivity contribution in [3.05, 3.63) is 0 Å². The molecule has 0 radical (unpaired) electrons. The van der Waals surface area contributed by atoms with E-state index in [1.165, 1.54) is 25.7 Å². The van der Waals surface area contributed by atoms with E-state index in [1.807, 2.05) is 0 Å². The number of carbonyl (C=O) groups excluding carboxylic acids is 1. The summed E-state index contributed by atoms with van der Waals surface area (Å²) in [5.41, 5.74) is 0. The molecule has 0 amide bonds. The minimum atomic E-state index is -0.162. The smallest absolute Gasteiger partial charge is 0.221 e. The van der Waals surface area contributed by atoms with Crippen LogP contribution in [0, 0.1) is 11.8 Å². The Bertz CT molecular complexity index is 136. The first-order valence-corrected chi connectivity index (χ1v) is 4.74. The van der Waals surface area contributed by atoms with Crippen molar-refractivity contribution >= 4 is 16.8 Å². The highest BCUT2D eigenvalue weighted by Gasteiger charge is 2.19. The van der Waals surface area contributed by atoms with Gasteiger partial charge < -0.3 is 0 Å². The average molecular weight is 175 g/mol. The van der Waals surface area contributed by atoms with Crippen LogP contribution < -0.4 is 0 Å². The minimum Gasteiger partial charge on any atom is -0.281 e. The molecule has 0 N–H and O–H groups in total. The highest BCUT2D eigenvalue weighted by atomic mass is 35.5. The molecule has 0 aromatic carbocycles. The first kappa shape index (κ1) is 9.05. The molecule has 1 rings (SSSR count). The molecule has 64 valence electrons. The second-order valence-electron chi connectivity index (χ2n) is 3.69. The van der Waals surface area contributed by atoms with Crippen LogP contribution in [0.5, 0.6) is 0 Å². The number of halogens is 1. The minimum absolute atomic E-state index is 0.162. The lowest BCUT2D eigenvalue weighted by Gasteiger charge is -2.24. The SMILES string of the molecule is CC1CCC(CC(=O)Cl)CC1. The van der Waals surface area contributed by atoms with E-state index in [9.17, 15) is 4.79 Å². The summed E-state index contributed by atoms with van der Waals surface area (Å²) < 4.78 is 0. The standard InChI is InChI=1S/C9H15ClO/c1-7-2-4-8(5-3-7)6-9(10)11/h7-8H,2-6H2,1H3. The van der Waals surface area contributed by atoms with Crippen LogP contribution in [0.4, 0.5) is 0 Å². The van der Waals surface area contributed by atoms with Crippen LogP contribution in [0.3, 0.4) is 0 Å². The van der Waals surface area contributed by atoms with E-state index in [0.29, 0.717) is 12.3 Å². The predicted octanol–water partition coefficient (Wildman–Crippen LogP) is 2.97. The molecule has 0 atom stereocenters. The summed E-state index contributed by atoms with van der Waals surface area (Å²) in [5.74, 6) is 1.44. The van der Waals surface area contributed by atoms with Crippen LogP contribution in [-0.4, -0.2) is 5.24 Å². The fourth-order valence-corrected chi connectivity index (χ4v) is 1.98. The van der Waals surface area contributed by atoms with Crippen LogP contribution >= 0.6 is 11.6 Å². The molecule has 1 aliphatic rings. The fourth-order valence-electron chi connectivity index (χ4n) is 1.76. The molecule has 1 nitrogen and oxygen atoms in total. The molecule has 0 spiro atoms. The van der Waals surface area contributed by atoms with Gasteiger partial charge in [-0.1, -0.05) is 19.8 Å². The topological polar surface area (TPSA) is 17.1 Å². The van der Waals surface area contributed by atoms with Crippen LogP contribution in [0.25, 0.3) is 0 Å². The molecular formula is C9H15ClO. The van der Waals surface area contributed by atoms with Crippen molar-refractivity contribution in [2.75, 3.05) is 0 Å². The zero-order chi connectivity index (χ0) is 8.27. The van der Waals surface area contributed by atoms with Gasteiger partial charge in [-0.25, -0.2) is 0 Å². The van der Waals surface area contributed by atoms with E-state index >= 15 is 0 Å². The van der Waals surface area contributed by atoms with Crippen LogP contribution in [0.15, 0.2) is 0 Å². The van der Waals surface area contributed by atoms with Gasteiger partial charge in [0.25, 0.3) is 0 Å². The van der Waals surface area contributed by atoms with E-state index in [4.69, 9.17) is 11.6 Å². The molecule has 2 heteroatoms. The maximum absolute atomic E-state index is 10.6. The molecule has 0 aromatic heterocycles. The third-order valence-electron chi connectivity index (χ3n) is 2.58. The second-order valence-corrected chi connectivity index (χ2v) is 4.11. The Kier molecular flexibility index (Phi) is 3.38. The van der Waals surface area contributed by atoms with Crippen molar-refractivity contribution in [3.63, 3.8) is 0 Å². The van der Waals surface area contributed by atoms with Crippen LogP contribution in [0.1, 0.15) is 39.0 Å². The predicted molar refractivity (Wildman–Crippen MR) is 46.6 cm³/mol. The lowest BCUT2D eigenvalue weighted by atomic mass is 9.82. The van der Waals surface area contributed by atoms with E-state index in [-0.39, 0.29) is 5.24 Å². The molecule has 0 aromatic rings. The van der Waals surface area contributed by atoms with Crippen LogP contribution in [-0.2, 0) is 4.79 Å². The van der Waals surface area contributed by atoms with E-state index in [1.54, 1.807) is 0 Å². The summed E-state index contributed by atoms with van der Waals surface area (Å²) in [4.78, 5) is 10.6. The Balaban J connectivity index is 2.22. The van der Waals surface area contributed by atoms with Crippen LogP contribution in [0.2, 0.25) is 0 Å². The number of hydrogen-bond donors (Lipinski definition) is 0. The average Bonchev–Trinajstić information content (AvgIpc) is 1.93. The molecule has 0 unspecified atom stereocenters. The van der Waals surface area contributed by atoms with E-state index < -0.39 is 0 Å². The Morgan fingerprint density at radius 2 is 1.91 bits per heavy atom. The Morgan fingerprint density at radius 3 is 2.36 bits per heavy atom. The normalized spacial score (nSPS) is 31.8. The van der Waals surface area contributed by atoms with E-state index in [2.05, 4.69) is 6.92 Å². The zero-order valence-corrected chi connectivity index (χ0v) is 7.73. The molecule has 11 heavy (non-hydrogen) atoms. The molecule has 1 saturated carbocycles. The molecule has 0 saturated heterocycles. The van der Waals surface area contributed by atoms with Gasteiger partial charge in [0, 0.05) is 6.42 Å². The highest BCUT2D eigenvalue weighted by molar-refractivity contribution is 6.63. The highest BCUT2D eigenvalue weighted by Crippen LogP contribution is 2.30. The van der Waals surface area contributed by atoms with Gasteiger partial charge in [-0.05, 0) is 36.3 Å². The molecular weight excluding hydrogens is 160 g/mol. The van der Waals surface area contributed by atoms with Crippen molar-refractivity contribution < 1.29 is 4.79 Å². The Morgan fingerprint density at radius 1 is 1.36 bits per heavy atom. The van der Waals surface area contributed by atoms with Crippen molar-refractivity contribution in [2.24, 2.45) is 11.8 Å². The first-order chi connectivity index (χ1) is 5.18. The molecule has 1 aliphatic carbocycles. The lowest BCUT2D eigenvalue weighted by Crippen LogP contribution is -2.13. The summed E-state index contributed by atoms with van der Waals surface area (Å²) in [7, 11) is 0. The van der Waals surface area contributed by atoms with Crippen molar-refractivity contribution in [1.29, 1.82) is 0 Å².